The topological polar surface area (TPSA) is 55.1 Å². The fourth-order valence-electron chi connectivity index (χ4n) is 2.11. The second kappa shape index (κ2) is 5.31. The summed E-state index contributed by atoms with van der Waals surface area (Å²) < 4.78 is 0. The minimum absolute atomic E-state index is 0.00972. The van der Waals surface area contributed by atoms with Gasteiger partial charge in [-0.3, -0.25) is 4.79 Å². The molecule has 1 aliphatic rings. The van der Waals surface area contributed by atoms with Crippen LogP contribution in [0, 0.1) is 5.92 Å². The molecule has 2 rings (SSSR count). The van der Waals surface area contributed by atoms with Gasteiger partial charge in [0.15, 0.2) is 0 Å². The van der Waals surface area contributed by atoms with E-state index in [4.69, 9.17) is 28.9 Å². The van der Waals surface area contributed by atoms with Crippen LogP contribution in [0.3, 0.4) is 0 Å². The molecule has 0 bridgehead atoms. The Morgan fingerprint density at radius 3 is 2.74 bits per heavy atom. The molecule has 1 aromatic carbocycles. The molecular formula is C14H18Cl2N2O. The third kappa shape index (κ3) is 3.41. The first-order valence-corrected chi connectivity index (χ1v) is 7.07. The first-order chi connectivity index (χ1) is 8.84. The molecule has 3 nitrogen and oxygen atoms in total. The zero-order valence-corrected chi connectivity index (χ0v) is 12.6. The van der Waals surface area contributed by atoms with Crippen LogP contribution in [-0.4, -0.2) is 18.0 Å². The maximum Gasteiger partial charge on any atom is 0.224 e. The molecule has 19 heavy (non-hydrogen) atoms. The van der Waals surface area contributed by atoms with Gasteiger partial charge in [-0.25, -0.2) is 0 Å². The van der Waals surface area contributed by atoms with Gasteiger partial charge in [0, 0.05) is 28.0 Å². The van der Waals surface area contributed by atoms with E-state index in [-0.39, 0.29) is 23.3 Å². The van der Waals surface area contributed by atoms with Crippen LogP contribution in [0.2, 0.25) is 10.0 Å². The van der Waals surface area contributed by atoms with Crippen LogP contribution in [0.5, 0.6) is 0 Å². The average molecular weight is 301 g/mol. The van der Waals surface area contributed by atoms with E-state index in [1.54, 1.807) is 12.1 Å². The van der Waals surface area contributed by atoms with Gasteiger partial charge in [-0.05, 0) is 43.9 Å². The number of amides is 1. The van der Waals surface area contributed by atoms with Crippen molar-refractivity contribution in [3.8, 4) is 0 Å². The monoisotopic (exact) mass is 300 g/mol. The number of rotatable bonds is 4. The lowest BCUT2D eigenvalue weighted by molar-refractivity contribution is -0.123. The molecule has 0 saturated heterocycles. The molecule has 1 amide bonds. The number of carbonyl (C=O) groups is 1. The van der Waals surface area contributed by atoms with E-state index in [0.29, 0.717) is 16.6 Å². The molecule has 1 saturated carbocycles. The van der Waals surface area contributed by atoms with Gasteiger partial charge in [0.2, 0.25) is 5.91 Å². The maximum absolute atomic E-state index is 12.1. The van der Waals surface area contributed by atoms with Gasteiger partial charge in [0.1, 0.15) is 0 Å². The number of halogens is 2. The average Bonchev–Trinajstić information content (AvgIpc) is 3.08. The van der Waals surface area contributed by atoms with Crippen molar-refractivity contribution in [2.75, 3.05) is 6.54 Å². The molecule has 0 aliphatic heterocycles. The zero-order valence-electron chi connectivity index (χ0n) is 11.0. The predicted molar refractivity (Wildman–Crippen MR) is 78.6 cm³/mol. The Morgan fingerprint density at radius 2 is 2.16 bits per heavy atom. The van der Waals surface area contributed by atoms with Crippen molar-refractivity contribution in [3.05, 3.63) is 33.8 Å². The summed E-state index contributed by atoms with van der Waals surface area (Å²) in [6, 6.07) is 5.42. The van der Waals surface area contributed by atoms with E-state index in [1.807, 2.05) is 19.9 Å². The van der Waals surface area contributed by atoms with Crippen molar-refractivity contribution in [2.45, 2.75) is 31.7 Å². The minimum atomic E-state index is -0.367. The normalized spacial score (nSPS) is 22.2. The molecule has 0 spiro atoms. The molecular weight excluding hydrogens is 283 g/mol. The summed E-state index contributed by atoms with van der Waals surface area (Å²) in [5, 5.41) is 4.21. The van der Waals surface area contributed by atoms with Crippen LogP contribution in [0.25, 0.3) is 0 Å². The molecule has 5 heteroatoms. The summed E-state index contributed by atoms with van der Waals surface area (Å²) in [5.74, 6) is 0.231. The summed E-state index contributed by atoms with van der Waals surface area (Å²) in [6.45, 7) is 4.24. The fourth-order valence-corrected chi connectivity index (χ4v) is 2.66. The van der Waals surface area contributed by atoms with Crippen molar-refractivity contribution < 1.29 is 4.79 Å². The molecule has 2 atom stereocenters. The minimum Gasteiger partial charge on any atom is -0.350 e. The van der Waals surface area contributed by atoms with Crippen LogP contribution < -0.4 is 11.1 Å². The van der Waals surface area contributed by atoms with Crippen molar-refractivity contribution in [1.82, 2.24) is 5.32 Å². The largest absolute Gasteiger partial charge is 0.350 e. The van der Waals surface area contributed by atoms with E-state index in [1.165, 1.54) is 0 Å². The number of hydrogen-bond donors (Lipinski definition) is 2. The van der Waals surface area contributed by atoms with Gasteiger partial charge >= 0.3 is 0 Å². The predicted octanol–water partition coefficient (Wildman–Crippen LogP) is 2.95. The first kappa shape index (κ1) is 14.6. The summed E-state index contributed by atoms with van der Waals surface area (Å²) in [4.78, 5) is 12.1. The highest BCUT2D eigenvalue weighted by atomic mass is 35.5. The number of nitrogens with two attached hydrogens (primary N) is 1. The number of nitrogens with one attached hydrogen (secondary N) is 1. The SMILES string of the molecule is CC(C)(CN)NC(=O)C1CC1c1ccc(Cl)cc1Cl. The maximum atomic E-state index is 12.1. The Morgan fingerprint density at radius 1 is 1.47 bits per heavy atom. The van der Waals surface area contributed by atoms with Gasteiger partial charge in [-0.2, -0.15) is 0 Å². The summed E-state index contributed by atoms with van der Waals surface area (Å²) >= 11 is 12.0. The number of carbonyl (C=O) groups excluding carboxylic acids is 1. The quantitative estimate of drug-likeness (QED) is 0.898. The number of benzene rings is 1. The summed E-state index contributed by atoms with van der Waals surface area (Å²) in [5.41, 5.74) is 6.24. The summed E-state index contributed by atoms with van der Waals surface area (Å²) in [6.07, 6.45) is 0.827. The molecule has 1 fully saturated rings. The fraction of sp³-hybridized carbons (Fsp3) is 0.500. The highest BCUT2D eigenvalue weighted by molar-refractivity contribution is 6.35. The highest BCUT2D eigenvalue weighted by Gasteiger charge is 2.45. The second-order valence-electron chi connectivity index (χ2n) is 5.69. The smallest absolute Gasteiger partial charge is 0.224 e. The van der Waals surface area contributed by atoms with Crippen LogP contribution >= 0.6 is 23.2 Å². The van der Waals surface area contributed by atoms with E-state index < -0.39 is 0 Å². The molecule has 0 radical (unpaired) electrons. The van der Waals surface area contributed by atoms with Crippen LogP contribution in [0.4, 0.5) is 0 Å². The van der Waals surface area contributed by atoms with Crippen LogP contribution in [0.1, 0.15) is 31.7 Å². The molecule has 0 aromatic heterocycles. The van der Waals surface area contributed by atoms with Crippen molar-refractivity contribution >= 4 is 29.1 Å². The molecule has 2 unspecified atom stereocenters. The van der Waals surface area contributed by atoms with Crippen molar-refractivity contribution in [1.29, 1.82) is 0 Å². The number of hydrogen-bond acceptors (Lipinski definition) is 2. The van der Waals surface area contributed by atoms with Crippen LogP contribution in [0.15, 0.2) is 18.2 Å². The Bertz CT molecular complexity index is 502. The Labute approximate surface area is 123 Å². The van der Waals surface area contributed by atoms with Crippen molar-refractivity contribution in [3.63, 3.8) is 0 Å². The van der Waals surface area contributed by atoms with Crippen molar-refractivity contribution in [2.24, 2.45) is 11.7 Å². The van der Waals surface area contributed by atoms with E-state index >= 15 is 0 Å². The van der Waals surface area contributed by atoms with Gasteiger partial charge in [-0.1, -0.05) is 29.3 Å². The third-order valence-electron chi connectivity index (χ3n) is 3.46. The Balaban J connectivity index is 2.03. The molecule has 0 heterocycles. The Kier molecular flexibility index (Phi) is 4.09. The van der Waals surface area contributed by atoms with Gasteiger partial charge in [-0.15, -0.1) is 0 Å². The second-order valence-corrected chi connectivity index (χ2v) is 6.54. The standard InChI is InChI=1S/C14H18Cl2N2O/c1-14(2,7-17)18-13(19)11-6-10(11)9-4-3-8(15)5-12(9)16/h3-5,10-11H,6-7,17H2,1-2H3,(H,18,19). The van der Waals surface area contributed by atoms with Gasteiger partial charge in [0.25, 0.3) is 0 Å². The lowest BCUT2D eigenvalue weighted by atomic mass is 10.0. The van der Waals surface area contributed by atoms with E-state index in [2.05, 4.69) is 5.32 Å². The lowest BCUT2D eigenvalue weighted by Gasteiger charge is -2.24. The third-order valence-corrected chi connectivity index (χ3v) is 4.02. The summed E-state index contributed by atoms with van der Waals surface area (Å²) in [7, 11) is 0. The Hall–Kier alpha value is -0.770. The van der Waals surface area contributed by atoms with E-state index in [0.717, 1.165) is 12.0 Å². The van der Waals surface area contributed by atoms with E-state index in [9.17, 15) is 4.79 Å². The molecule has 1 aromatic rings. The zero-order chi connectivity index (χ0) is 14.2. The molecule has 104 valence electrons. The molecule has 3 N–H and O–H groups in total. The first-order valence-electron chi connectivity index (χ1n) is 6.31. The van der Waals surface area contributed by atoms with Gasteiger partial charge < -0.3 is 11.1 Å². The van der Waals surface area contributed by atoms with Gasteiger partial charge in [0.05, 0.1) is 0 Å². The lowest BCUT2D eigenvalue weighted by Crippen LogP contribution is -2.49. The molecule has 1 aliphatic carbocycles. The van der Waals surface area contributed by atoms with Crippen LogP contribution in [-0.2, 0) is 4.79 Å². The highest BCUT2D eigenvalue weighted by Crippen LogP contribution is 2.50.